The highest BCUT2D eigenvalue weighted by molar-refractivity contribution is 6.37. The van der Waals surface area contributed by atoms with Crippen molar-refractivity contribution < 1.29 is 14.5 Å². The van der Waals surface area contributed by atoms with Gasteiger partial charge in [0.25, 0.3) is 5.69 Å². The van der Waals surface area contributed by atoms with E-state index < -0.39 is 33.0 Å². The molecule has 6 nitrogen and oxygen atoms in total. The molecule has 1 atom stereocenters. The molecular weight excluding hydrogens is 319 g/mol. The first-order chi connectivity index (χ1) is 9.59. The molecule has 0 saturated carbocycles. The molecule has 0 aliphatic carbocycles. The molecular formula is C13H10Cl2N2O4. The summed E-state index contributed by atoms with van der Waals surface area (Å²) < 4.78 is 0. The van der Waals surface area contributed by atoms with Crippen molar-refractivity contribution >= 4 is 40.5 Å². The highest BCUT2D eigenvalue weighted by Crippen LogP contribution is 2.28. The number of nitrogens with zero attached hydrogens (tertiary/aromatic N) is 2. The number of Topliss-reactive ketones (excluding diaryl/α,β-unsaturated/α-hetero) is 2. The molecule has 0 aliphatic heterocycles. The van der Waals surface area contributed by atoms with Crippen molar-refractivity contribution in [1.82, 2.24) is 0 Å². The van der Waals surface area contributed by atoms with Crippen LogP contribution in [0.5, 0.6) is 0 Å². The summed E-state index contributed by atoms with van der Waals surface area (Å²) in [7, 11) is 0. The maximum Gasteiger partial charge on any atom is 0.281 e. The molecule has 1 aromatic rings. The zero-order valence-electron chi connectivity index (χ0n) is 11.1. The van der Waals surface area contributed by atoms with Crippen LogP contribution >= 0.6 is 23.2 Å². The van der Waals surface area contributed by atoms with Crippen LogP contribution in [0.4, 0.5) is 5.69 Å². The molecule has 0 saturated heterocycles. The third-order valence-electron chi connectivity index (χ3n) is 2.66. The Bertz CT molecular complexity index is 659. The molecule has 0 spiro atoms. The van der Waals surface area contributed by atoms with E-state index >= 15 is 0 Å². The number of carbonyl (C=O) groups excluding carboxylic acids is 2. The minimum Gasteiger partial charge on any atom is -0.296 e. The number of rotatable bonds is 5. The van der Waals surface area contributed by atoms with Crippen molar-refractivity contribution in [3.8, 4) is 6.07 Å². The van der Waals surface area contributed by atoms with Crippen LogP contribution in [0.2, 0.25) is 5.02 Å². The number of nitro benzene ring substituents is 1. The summed E-state index contributed by atoms with van der Waals surface area (Å²) in [5.41, 5.74) is -0.918. The van der Waals surface area contributed by atoms with Crippen LogP contribution in [0.15, 0.2) is 18.2 Å². The van der Waals surface area contributed by atoms with E-state index in [9.17, 15) is 19.7 Å². The Morgan fingerprint density at radius 1 is 1.43 bits per heavy atom. The average Bonchev–Trinajstić information content (AvgIpc) is 2.37. The second-order valence-corrected chi connectivity index (χ2v) is 6.06. The predicted octanol–water partition coefficient (Wildman–Crippen LogP) is 3.16. The van der Waals surface area contributed by atoms with Gasteiger partial charge in [-0.3, -0.25) is 19.7 Å². The fourth-order valence-corrected chi connectivity index (χ4v) is 1.87. The fraction of sp³-hybridized carbons (Fsp3) is 0.308. The summed E-state index contributed by atoms with van der Waals surface area (Å²) in [6, 6.07) is 4.92. The lowest BCUT2D eigenvalue weighted by molar-refractivity contribution is -0.385. The molecule has 0 radical (unpaired) electrons. The van der Waals surface area contributed by atoms with Crippen LogP contribution in [0.1, 0.15) is 24.2 Å². The van der Waals surface area contributed by atoms with Crippen LogP contribution in [-0.2, 0) is 4.79 Å². The fourth-order valence-electron chi connectivity index (χ4n) is 1.60. The van der Waals surface area contributed by atoms with E-state index in [0.29, 0.717) is 0 Å². The van der Waals surface area contributed by atoms with Gasteiger partial charge in [0.15, 0.2) is 17.5 Å². The summed E-state index contributed by atoms with van der Waals surface area (Å²) in [6.07, 6.45) is 0. The van der Waals surface area contributed by atoms with Crippen LogP contribution in [0.25, 0.3) is 0 Å². The second-order valence-electron chi connectivity index (χ2n) is 4.68. The van der Waals surface area contributed by atoms with Gasteiger partial charge in [0, 0.05) is 11.1 Å². The van der Waals surface area contributed by atoms with E-state index in [1.165, 1.54) is 19.9 Å². The van der Waals surface area contributed by atoms with E-state index in [1.807, 2.05) is 0 Å². The number of halogens is 2. The van der Waals surface area contributed by atoms with Crippen molar-refractivity contribution in [2.45, 2.75) is 18.7 Å². The number of benzene rings is 1. The third-order valence-corrected chi connectivity index (χ3v) is 3.08. The number of hydrogen-bond acceptors (Lipinski definition) is 5. The first-order valence-corrected chi connectivity index (χ1v) is 6.46. The van der Waals surface area contributed by atoms with Crippen molar-refractivity contribution in [3.05, 3.63) is 38.9 Å². The minimum atomic E-state index is -1.71. The van der Waals surface area contributed by atoms with Crippen LogP contribution in [0, 0.1) is 27.4 Å². The van der Waals surface area contributed by atoms with E-state index in [2.05, 4.69) is 0 Å². The lowest BCUT2D eigenvalue weighted by atomic mass is 9.88. The highest BCUT2D eigenvalue weighted by Gasteiger charge is 2.39. The Labute approximate surface area is 130 Å². The Hall–Kier alpha value is -1.97. The number of nitriles is 1. The summed E-state index contributed by atoms with van der Waals surface area (Å²) >= 11 is 11.5. The molecule has 0 fully saturated rings. The lowest BCUT2D eigenvalue weighted by Crippen LogP contribution is -2.35. The zero-order chi connectivity index (χ0) is 16.4. The highest BCUT2D eigenvalue weighted by atomic mass is 35.5. The van der Waals surface area contributed by atoms with Gasteiger partial charge in [-0.25, -0.2) is 0 Å². The topological polar surface area (TPSA) is 101 Å². The Morgan fingerprint density at radius 2 is 2.00 bits per heavy atom. The molecule has 0 aliphatic rings. The molecule has 0 amide bonds. The van der Waals surface area contributed by atoms with Crippen LogP contribution in [-0.4, -0.2) is 21.4 Å². The van der Waals surface area contributed by atoms with E-state index in [4.69, 9.17) is 28.5 Å². The Kier molecular flexibility index (Phi) is 5.05. The molecule has 1 rings (SSSR count). The lowest BCUT2D eigenvalue weighted by Gasteiger charge is -2.17. The maximum absolute atomic E-state index is 12.3. The monoisotopic (exact) mass is 328 g/mol. The molecule has 1 unspecified atom stereocenters. The number of carbonyl (C=O) groups is 2. The van der Waals surface area contributed by atoms with Crippen molar-refractivity contribution in [1.29, 1.82) is 5.26 Å². The summed E-state index contributed by atoms with van der Waals surface area (Å²) in [6.45, 7) is 2.68. The van der Waals surface area contributed by atoms with Crippen molar-refractivity contribution in [2.24, 2.45) is 5.92 Å². The largest absolute Gasteiger partial charge is 0.296 e. The normalized spacial score (nSPS) is 12.3. The van der Waals surface area contributed by atoms with Gasteiger partial charge in [-0.1, -0.05) is 11.6 Å². The van der Waals surface area contributed by atoms with E-state index in [1.54, 1.807) is 6.07 Å². The van der Waals surface area contributed by atoms with Gasteiger partial charge in [0.05, 0.1) is 21.4 Å². The van der Waals surface area contributed by atoms with E-state index in [0.717, 1.165) is 12.1 Å². The molecule has 0 aromatic heterocycles. The SMILES string of the molecule is CC(C)(Cl)C(=O)C(C#N)C(=O)c1ccc(Cl)cc1[N+](=O)[O-]. The van der Waals surface area contributed by atoms with Gasteiger partial charge in [-0.05, 0) is 26.0 Å². The first-order valence-electron chi connectivity index (χ1n) is 5.70. The molecule has 8 heteroatoms. The average molecular weight is 329 g/mol. The number of ketones is 2. The standard InChI is InChI=1S/C13H10Cl2N2O4/c1-13(2,15)12(19)9(6-16)11(18)8-4-3-7(14)5-10(8)17(20)21/h3-5,9H,1-2H3. The minimum absolute atomic E-state index is 0.0655. The quantitative estimate of drug-likeness (QED) is 0.271. The Morgan fingerprint density at radius 3 is 2.43 bits per heavy atom. The van der Waals surface area contributed by atoms with Gasteiger partial charge in [-0.15, -0.1) is 11.6 Å². The molecule has 110 valence electrons. The molecule has 0 bridgehead atoms. The van der Waals surface area contributed by atoms with Gasteiger partial charge >= 0.3 is 0 Å². The van der Waals surface area contributed by atoms with Crippen molar-refractivity contribution in [3.63, 3.8) is 0 Å². The summed E-state index contributed by atoms with van der Waals surface area (Å²) in [5.74, 6) is -3.50. The first kappa shape index (κ1) is 17.1. The van der Waals surface area contributed by atoms with Crippen molar-refractivity contribution in [2.75, 3.05) is 0 Å². The van der Waals surface area contributed by atoms with E-state index in [-0.39, 0.29) is 10.6 Å². The maximum atomic E-state index is 12.3. The number of nitro groups is 1. The zero-order valence-corrected chi connectivity index (χ0v) is 12.6. The molecule has 0 heterocycles. The number of hydrogen-bond donors (Lipinski definition) is 0. The summed E-state index contributed by atoms with van der Waals surface area (Å²) in [5, 5.41) is 20.1. The van der Waals surface area contributed by atoms with Gasteiger partial charge < -0.3 is 0 Å². The molecule has 0 N–H and O–H groups in total. The molecule has 21 heavy (non-hydrogen) atoms. The third kappa shape index (κ3) is 3.78. The van der Waals surface area contributed by atoms with Crippen LogP contribution in [0.3, 0.4) is 0 Å². The van der Waals surface area contributed by atoms with Gasteiger partial charge in [0.2, 0.25) is 0 Å². The van der Waals surface area contributed by atoms with Crippen LogP contribution < -0.4 is 0 Å². The predicted molar refractivity (Wildman–Crippen MR) is 76.5 cm³/mol. The second kappa shape index (κ2) is 6.20. The number of alkyl halides is 1. The van der Waals surface area contributed by atoms with Gasteiger partial charge in [-0.2, -0.15) is 5.26 Å². The smallest absolute Gasteiger partial charge is 0.281 e. The van der Waals surface area contributed by atoms with Gasteiger partial charge in [0.1, 0.15) is 0 Å². The summed E-state index contributed by atoms with van der Waals surface area (Å²) in [4.78, 5) is 33.0. The Balaban J connectivity index is 3.34. The molecule has 1 aromatic carbocycles.